The first-order valence-electron chi connectivity index (χ1n) is 15.8. The van der Waals surface area contributed by atoms with Crippen molar-refractivity contribution in [2.45, 2.75) is 91.0 Å². The molecule has 1 amide bonds. The maximum atomic E-state index is 14.7. The number of nitrogens with zero attached hydrogens (tertiary/aromatic N) is 5. The third kappa shape index (κ3) is 6.45. The number of rotatable bonds is 10. The van der Waals surface area contributed by atoms with Crippen molar-refractivity contribution >= 4 is 27.5 Å². The molecule has 0 unspecified atom stereocenters. The fourth-order valence-corrected chi connectivity index (χ4v) is 7.59. The Hall–Kier alpha value is -3.48. The van der Waals surface area contributed by atoms with Gasteiger partial charge in [0.1, 0.15) is 21.5 Å². The maximum Gasteiger partial charge on any atom is 0.333 e. The Bertz CT molecular complexity index is 1680. The van der Waals surface area contributed by atoms with Crippen LogP contribution in [0.3, 0.4) is 0 Å². The summed E-state index contributed by atoms with van der Waals surface area (Å²) in [7, 11) is 1.61. The van der Waals surface area contributed by atoms with Crippen molar-refractivity contribution in [1.82, 2.24) is 23.8 Å². The van der Waals surface area contributed by atoms with Crippen molar-refractivity contribution in [2.75, 3.05) is 33.4 Å². The second kappa shape index (κ2) is 13.9. The monoisotopic (exact) mass is 639 g/mol. The van der Waals surface area contributed by atoms with Gasteiger partial charge in [-0.15, -0.1) is 0 Å². The van der Waals surface area contributed by atoms with Crippen molar-refractivity contribution < 1.29 is 19.0 Å². The second-order valence-corrected chi connectivity index (χ2v) is 13.2. The Morgan fingerprint density at radius 1 is 1.20 bits per heavy atom. The number of methoxy groups -OCH3 is 1. The van der Waals surface area contributed by atoms with Gasteiger partial charge in [-0.1, -0.05) is 23.5 Å². The van der Waals surface area contributed by atoms with Crippen LogP contribution in [0.15, 0.2) is 51.5 Å². The van der Waals surface area contributed by atoms with Crippen LogP contribution in [0.1, 0.15) is 65.4 Å². The largest absolute Gasteiger partial charge is 0.501 e. The van der Waals surface area contributed by atoms with Gasteiger partial charge < -0.3 is 19.1 Å². The third-order valence-corrected chi connectivity index (χ3v) is 10.2. The van der Waals surface area contributed by atoms with E-state index in [1.54, 1.807) is 41.3 Å². The van der Waals surface area contributed by atoms with Crippen molar-refractivity contribution in [3.63, 3.8) is 0 Å². The van der Waals surface area contributed by atoms with Crippen molar-refractivity contribution in [3.8, 4) is 5.00 Å². The quantitative estimate of drug-likeness (QED) is 0.237. The van der Waals surface area contributed by atoms with Gasteiger partial charge in [0.05, 0.1) is 30.9 Å². The molecule has 11 nitrogen and oxygen atoms in total. The lowest BCUT2D eigenvalue weighted by Gasteiger charge is -2.35. The molecule has 2 saturated heterocycles. The number of amides is 1. The molecule has 0 spiro atoms. The number of hydrogen-bond donors (Lipinski definition) is 0. The summed E-state index contributed by atoms with van der Waals surface area (Å²) in [6.45, 7) is 11.6. The molecular weight excluding hydrogens is 594 g/mol. The number of likely N-dealkylation sites (tertiary alicyclic amines) is 1. The number of hydrogen-bond acceptors (Lipinski definition) is 8. The van der Waals surface area contributed by atoms with Crippen LogP contribution in [0, 0.1) is 6.92 Å². The van der Waals surface area contributed by atoms with Gasteiger partial charge in [-0.3, -0.25) is 14.2 Å². The van der Waals surface area contributed by atoms with E-state index >= 15 is 0 Å². The molecule has 5 heterocycles. The molecule has 0 bridgehead atoms. The van der Waals surface area contributed by atoms with E-state index in [0.717, 1.165) is 47.2 Å². The predicted molar refractivity (Wildman–Crippen MR) is 175 cm³/mol. The highest BCUT2D eigenvalue weighted by Crippen LogP contribution is 2.33. The maximum absolute atomic E-state index is 14.7. The first kappa shape index (κ1) is 32.9. The van der Waals surface area contributed by atoms with Gasteiger partial charge in [0.25, 0.3) is 5.56 Å². The van der Waals surface area contributed by atoms with Gasteiger partial charge in [0.15, 0.2) is 0 Å². The molecule has 1 atom stereocenters. The van der Waals surface area contributed by atoms with Crippen LogP contribution in [-0.2, 0) is 31.1 Å². The molecule has 2 aliphatic heterocycles. The minimum absolute atomic E-state index is 0.0763. The number of ether oxygens (including phenoxy) is 3. The Labute approximate surface area is 267 Å². The molecule has 12 heteroatoms. The second-order valence-electron chi connectivity index (χ2n) is 12.3. The summed E-state index contributed by atoms with van der Waals surface area (Å²) in [5, 5.41) is 5.54. The topological polar surface area (TPSA) is 110 Å². The fourth-order valence-electron chi connectivity index (χ4n) is 6.35. The van der Waals surface area contributed by atoms with Crippen LogP contribution in [-0.4, -0.2) is 75.3 Å². The van der Waals surface area contributed by atoms with E-state index < -0.39 is 22.9 Å². The Kier molecular flexibility index (Phi) is 10.1. The Balaban J connectivity index is 1.74. The molecule has 5 rings (SSSR count). The molecule has 45 heavy (non-hydrogen) atoms. The van der Waals surface area contributed by atoms with Crippen molar-refractivity contribution in [1.29, 1.82) is 0 Å². The lowest BCUT2D eigenvalue weighted by molar-refractivity contribution is -0.140. The molecule has 0 radical (unpaired) electrons. The van der Waals surface area contributed by atoms with Crippen molar-refractivity contribution in [2.24, 2.45) is 0 Å². The molecule has 0 saturated carbocycles. The number of allylic oxidation sites excluding steroid dienone is 2. The zero-order chi connectivity index (χ0) is 32.3. The number of piperidine rings is 1. The van der Waals surface area contributed by atoms with E-state index in [2.05, 4.69) is 5.10 Å². The van der Waals surface area contributed by atoms with Crippen molar-refractivity contribution in [3.05, 3.63) is 68.3 Å². The summed E-state index contributed by atoms with van der Waals surface area (Å²) >= 11 is 1.33. The molecule has 3 aromatic rings. The molecule has 244 valence electrons. The Morgan fingerprint density at radius 2 is 1.91 bits per heavy atom. The highest BCUT2D eigenvalue weighted by Gasteiger charge is 2.39. The van der Waals surface area contributed by atoms with Crippen LogP contribution in [0.4, 0.5) is 0 Å². The van der Waals surface area contributed by atoms with E-state index in [4.69, 9.17) is 14.2 Å². The van der Waals surface area contributed by atoms with Crippen LogP contribution >= 0.6 is 11.3 Å². The van der Waals surface area contributed by atoms with E-state index in [-0.39, 0.29) is 18.6 Å². The van der Waals surface area contributed by atoms with Gasteiger partial charge in [-0.05, 0) is 72.8 Å². The molecule has 2 fully saturated rings. The average molecular weight is 640 g/mol. The number of carbonyl (C=O) groups excluding carboxylic acids is 1. The third-order valence-electron chi connectivity index (χ3n) is 8.90. The predicted octanol–water partition coefficient (Wildman–Crippen LogP) is 4.53. The van der Waals surface area contributed by atoms with Crippen LogP contribution in [0.5, 0.6) is 0 Å². The molecule has 2 aliphatic rings. The number of thiophene rings is 1. The van der Waals surface area contributed by atoms with E-state index in [9.17, 15) is 14.4 Å². The van der Waals surface area contributed by atoms with E-state index in [0.29, 0.717) is 47.8 Å². The first-order valence-corrected chi connectivity index (χ1v) is 16.6. The number of fused-ring (bicyclic) bond motifs is 1. The Morgan fingerprint density at radius 3 is 2.53 bits per heavy atom. The van der Waals surface area contributed by atoms with Crippen LogP contribution in [0.2, 0.25) is 0 Å². The molecule has 0 N–H and O–H groups in total. The van der Waals surface area contributed by atoms with Crippen LogP contribution in [0.25, 0.3) is 15.2 Å². The highest BCUT2D eigenvalue weighted by molar-refractivity contribution is 7.21. The van der Waals surface area contributed by atoms with Gasteiger partial charge in [-0.25, -0.2) is 14.0 Å². The normalized spacial score (nSPS) is 18.0. The lowest BCUT2D eigenvalue weighted by Crippen LogP contribution is -2.57. The van der Waals surface area contributed by atoms with E-state index in [1.807, 2.05) is 45.2 Å². The zero-order valence-electron chi connectivity index (χ0n) is 27.2. The standard InChI is InChI=1S/C33H45N5O6S/c1-7-12-25(23(3)42-6)26(44-24-13-19-43-20-14-24)21-36-30-27(22(2)29(45-30)37-18-11-15-34-37)28(39)38(32(36)41)33(4,5)31(40)35-16-9-8-10-17-35/h7,11-12,15,18,24,26H,8-10,13-14,16-17,19-21H2,1-6H3/b12-7-,25-23-/t26-/m0/s1. The summed E-state index contributed by atoms with van der Waals surface area (Å²) in [5.74, 6) is 0.440. The van der Waals surface area contributed by atoms with Gasteiger partial charge in [0.2, 0.25) is 5.91 Å². The van der Waals surface area contributed by atoms with E-state index in [1.165, 1.54) is 11.3 Å². The minimum Gasteiger partial charge on any atom is -0.501 e. The average Bonchev–Trinajstić information content (AvgIpc) is 3.69. The summed E-state index contributed by atoms with van der Waals surface area (Å²) in [6, 6.07) is 1.81. The van der Waals surface area contributed by atoms with Gasteiger partial charge in [-0.2, -0.15) is 5.10 Å². The molecule has 3 aromatic heterocycles. The summed E-state index contributed by atoms with van der Waals surface area (Å²) in [5.41, 5.74) is -0.942. The number of aromatic nitrogens is 4. The fraction of sp³-hybridized carbons (Fsp3) is 0.576. The molecular formula is C33H45N5O6S. The number of carbonyl (C=O) groups is 1. The molecule has 0 aliphatic carbocycles. The van der Waals surface area contributed by atoms with Crippen LogP contribution < -0.4 is 11.2 Å². The lowest BCUT2D eigenvalue weighted by atomic mass is 10.00. The summed E-state index contributed by atoms with van der Waals surface area (Å²) < 4.78 is 22.5. The minimum atomic E-state index is -1.41. The smallest absolute Gasteiger partial charge is 0.333 e. The van der Waals surface area contributed by atoms with Gasteiger partial charge >= 0.3 is 5.69 Å². The zero-order valence-corrected chi connectivity index (χ0v) is 28.0. The van der Waals surface area contributed by atoms with Gasteiger partial charge in [0, 0.05) is 49.8 Å². The summed E-state index contributed by atoms with van der Waals surface area (Å²) in [4.78, 5) is 45.4. The first-order chi connectivity index (χ1) is 21.6. The summed E-state index contributed by atoms with van der Waals surface area (Å²) in [6.07, 6.45) is 11.0. The number of aryl methyl sites for hydroxylation is 1. The SMILES string of the molecule is C/C=C\C(=C(/C)OC)[C@H](Cn1c(=O)n(C(C)(C)C(=O)N2CCCCC2)c(=O)c2c(C)c(-n3cccn3)sc21)OC1CCOCC1. The highest BCUT2D eigenvalue weighted by atomic mass is 32.1. The molecule has 0 aromatic carbocycles.